The van der Waals surface area contributed by atoms with Gasteiger partial charge < -0.3 is 10.3 Å². The number of imide groups is 1. The van der Waals surface area contributed by atoms with Gasteiger partial charge >= 0.3 is 6.03 Å². The third-order valence-corrected chi connectivity index (χ3v) is 5.36. The fourth-order valence-corrected chi connectivity index (χ4v) is 3.88. The van der Waals surface area contributed by atoms with E-state index >= 15 is 0 Å². The predicted molar refractivity (Wildman–Crippen MR) is 100 cm³/mol. The van der Waals surface area contributed by atoms with Gasteiger partial charge in [-0.2, -0.15) is 5.01 Å². The van der Waals surface area contributed by atoms with Crippen LogP contribution in [0.3, 0.4) is 0 Å². The number of rotatable bonds is 4. The van der Waals surface area contributed by atoms with Crippen molar-refractivity contribution in [1.29, 1.82) is 0 Å². The fraction of sp³-hybridized carbons (Fsp3) is 0.421. The van der Waals surface area contributed by atoms with Crippen LogP contribution in [0.1, 0.15) is 44.3 Å². The molecule has 0 atom stereocenters. The van der Waals surface area contributed by atoms with Gasteiger partial charge in [0.2, 0.25) is 5.91 Å². The SMILES string of the molecule is O=C(CCc1nc2ccccc2c(=O)[nH]1)NN1C(=O)NC2(CCCCC2)C1=O. The molecule has 4 amide bonds. The molecule has 9 nitrogen and oxygen atoms in total. The minimum atomic E-state index is -0.881. The number of para-hydroxylation sites is 1. The van der Waals surface area contributed by atoms with Crippen LogP contribution in [0.25, 0.3) is 10.9 Å². The monoisotopic (exact) mass is 383 g/mol. The first kappa shape index (κ1) is 18.1. The highest BCUT2D eigenvalue weighted by Gasteiger charge is 2.52. The summed E-state index contributed by atoms with van der Waals surface area (Å²) in [6.07, 6.45) is 4.11. The van der Waals surface area contributed by atoms with Crippen molar-refractivity contribution in [1.82, 2.24) is 25.7 Å². The normalized spacial score (nSPS) is 18.5. The summed E-state index contributed by atoms with van der Waals surface area (Å²) in [5, 5.41) is 4.00. The van der Waals surface area contributed by atoms with Crippen LogP contribution in [-0.4, -0.2) is 38.4 Å². The molecule has 1 saturated heterocycles. The van der Waals surface area contributed by atoms with Crippen LogP contribution in [0, 0.1) is 0 Å². The zero-order valence-corrected chi connectivity index (χ0v) is 15.3. The number of hydrogen-bond acceptors (Lipinski definition) is 5. The molecule has 0 bridgehead atoms. The second-order valence-corrected chi connectivity index (χ2v) is 7.28. The van der Waals surface area contributed by atoms with Gasteiger partial charge in [-0.15, -0.1) is 0 Å². The number of nitrogens with zero attached hydrogens (tertiary/aromatic N) is 2. The molecule has 1 spiro atoms. The van der Waals surface area contributed by atoms with Crippen LogP contribution in [0.5, 0.6) is 0 Å². The molecule has 2 heterocycles. The molecular weight excluding hydrogens is 362 g/mol. The second-order valence-electron chi connectivity index (χ2n) is 7.28. The molecule has 1 aromatic heterocycles. The molecule has 2 fully saturated rings. The maximum Gasteiger partial charge on any atom is 0.344 e. The molecule has 9 heteroatoms. The summed E-state index contributed by atoms with van der Waals surface area (Å²) in [5.74, 6) is -0.519. The van der Waals surface area contributed by atoms with Crippen molar-refractivity contribution in [3.63, 3.8) is 0 Å². The summed E-state index contributed by atoms with van der Waals surface area (Å²) in [6.45, 7) is 0. The lowest BCUT2D eigenvalue weighted by Crippen LogP contribution is -2.51. The van der Waals surface area contributed by atoms with Gasteiger partial charge in [-0.25, -0.2) is 9.78 Å². The largest absolute Gasteiger partial charge is 0.344 e. The average Bonchev–Trinajstić information content (AvgIpc) is 2.91. The molecule has 146 valence electrons. The smallest absolute Gasteiger partial charge is 0.322 e. The number of urea groups is 1. The maximum atomic E-state index is 12.7. The molecule has 0 radical (unpaired) electrons. The van der Waals surface area contributed by atoms with E-state index < -0.39 is 23.4 Å². The first-order chi connectivity index (χ1) is 13.5. The lowest BCUT2D eigenvalue weighted by molar-refractivity contribution is -0.139. The van der Waals surface area contributed by atoms with E-state index in [1.54, 1.807) is 24.3 Å². The van der Waals surface area contributed by atoms with Crippen LogP contribution in [0.2, 0.25) is 0 Å². The van der Waals surface area contributed by atoms with E-state index in [2.05, 4.69) is 20.7 Å². The number of carbonyl (C=O) groups is 3. The molecular formula is C19H21N5O4. The summed E-state index contributed by atoms with van der Waals surface area (Å²) in [4.78, 5) is 56.2. The Morgan fingerprint density at radius 3 is 2.68 bits per heavy atom. The standard InChI is InChI=1S/C19H21N5O4/c25-15(9-8-14-20-13-7-3-2-6-12(13)16(26)21-14)23-24-17(27)19(22-18(24)28)10-4-1-5-11-19/h2-3,6-7H,1,4-5,8-11H2,(H,22,28)(H,23,25)(H,20,21,26). The Balaban J connectivity index is 1.40. The third-order valence-electron chi connectivity index (χ3n) is 5.36. The molecule has 1 aliphatic heterocycles. The molecule has 4 rings (SSSR count). The summed E-state index contributed by atoms with van der Waals surface area (Å²) in [5.41, 5.74) is 1.79. The van der Waals surface area contributed by atoms with Crippen molar-refractivity contribution >= 4 is 28.7 Å². The fourth-order valence-electron chi connectivity index (χ4n) is 3.88. The van der Waals surface area contributed by atoms with Crippen LogP contribution in [-0.2, 0) is 16.0 Å². The highest BCUT2D eigenvalue weighted by atomic mass is 16.2. The van der Waals surface area contributed by atoms with Crippen molar-refractivity contribution in [2.75, 3.05) is 0 Å². The Kier molecular flexibility index (Phi) is 4.58. The van der Waals surface area contributed by atoms with Crippen molar-refractivity contribution in [2.24, 2.45) is 0 Å². The first-order valence-corrected chi connectivity index (χ1v) is 9.43. The number of fused-ring (bicyclic) bond motifs is 1. The van der Waals surface area contributed by atoms with Crippen LogP contribution >= 0.6 is 0 Å². The molecule has 1 saturated carbocycles. The summed E-state index contributed by atoms with van der Waals surface area (Å²) in [6, 6.07) is 6.34. The summed E-state index contributed by atoms with van der Waals surface area (Å²) < 4.78 is 0. The van der Waals surface area contributed by atoms with E-state index in [4.69, 9.17) is 0 Å². The number of H-pyrrole nitrogens is 1. The number of aromatic nitrogens is 2. The van der Waals surface area contributed by atoms with Gasteiger partial charge in [0.15, 0.2) is 0 Å². The van der Waals surface area contributed by atoms with E-state index in [-0.39, 0.29) is 18.4 Å². The zero-order chi connectivity index (χ0) is 19.7. The second kappa shape index (κ2) is 7.06. The van der Waals surface area contributed by atoms with Gasteiger partial charge in [-0.05, 0) is 25.0 Å². The topological polar surface area (TPSA) is 124 Å². The van der Waals surface area contributed by atoms with Gasteiger partial charge in [-0.3, -0.25) is 19.8 Å². The van der Waals surface area contributed by atoms with E-state index in [0.717, 1.165) is 24.3 Å². The van der Waals surface area contributed by atoms with Gasteiger partial charge in [0.25, 0.3) is 11.5 Å². The number of benzene rings is 1. The van der Waals surface area contributed by atoms with E-state index in [0.29, 0.717) is 29.6 Å². The molecule has 2 aliphatic rings. The molecule has 1 aromatic carbocycles. The molecule has 28 heavy (non-hydrogen) atoms. The van der Waals surface area contributed by atoms with E-state index in [1.807, 2.05) is 0 Å². The lowest BCUT2D eigenvalue weighted by Gasteiger charge is -2.30. The molecule has 0 unspecified atom stereocenters. The predicted octanol–water partition coefficient (Wildman–Crippen LogP) is 1.14. The van der Waals surface area contributed by atoms with Crippen molar-refractivity contribution in [3.05, 3.63) is 40.4 Å². The van der Waals surface area contributed by atoms with Crippen molar-refractivity contribution < 1.29 is 14.4 Å². The Morgan fingerprint density at radius 1 is 1.14 bits per heavy atom. The van der Waals surface area contributed by atoms with E-state index in [1.165, 1.54) is 0 Å². The average molecular weight is 383 g/mol. The van der Waals surface area contributed by atoms with Crippen LogP contribution in [0.15, 0.2) is 29.1 Å². The quantitative estimate of drug-likeness (QED) is 0.683. The number of hydrogen-bond donors (Lipinski definition) is 3. The number of carbonyl (C=O) groups excluding carboxylic acids is 3. The number of hydrazine groups is 1. The maximum absolute atomic E-state index is 12.7. The van der Waals surface area contributed by atoms with Gasteiger partial charge in [-0.1, -0.05) is 31.4 Å². The minimum Gasteiger partial charge on any atom is -0.322 e. The highest BCUT2D eigenvalue weighted by Crippen LogP contribution is 2.32. The van der Waals surface area contributed by atoms with Crippen LogP contribution < -0.4 is 16.3 Å². The zero-order valence-electron chi connectivity index (χ0n) is 15.3. The molecule has 3 N–H and O–H groups in total. The third kappa shape index (κ3) is 3.23. The van der Waals surface area contributed by atoms with Gasteiger partial charge in [0.05, 0.1) is 10.9 Å². The molecule has 2 aromatic rings. The van der Waals surface area contributed by atoms with Gasteiger partial charge in [0, 0.05) is 12.8 Å². The Morgan fingerprint density at radius 2 is 1.89 bits per heavy atom. The Hall–Kier alpha value is -3.23. The minimum absolute atomic E-state index is 0.0225. The van der Waals surface area contributed by atoms with Crippen LogP contribution in [0.4, 0.5) is 4.79 Å². The number of aryl methyl sites for hydroxylation is 1. The lowest BCUT2D eigenvalue weighted by atomic mass is 9.82. The van der Waals surface area contributed by atoms with Crippen molar-refractivity contribution in [3.8, 4) is 0 Å². The first-order valence-electron chi connectivity index (χ1n) is 9.43. The van der Waals surface area contributed by atoms with Gasteiger partial charge in [0.1, 0.15) is 11.4 Å². The Labute approximate surface area is 160 Å². The summed E-state index contributed by atoms with van der Waals surface area (Å²) >= 11 is 0. The van der Waals surface area contributed by atoms with Crippen molar-refractivity contribution in [2.45, 2.75) is 50.5 Å². The number of nitrogens with one attached hydrogen (secondary N) is 3. The Bertz CT molecular complexity index is 1010. The van der Waals surface area contributed by atoms with E-state index in [9.17, 15) is 19.2 Å². The summed E-state index contributed by atoms with van der Waals surface area (Å²) in [7, 11) is 0. The number of amides is 4. The highest BCUT2D eigenvalue weighted by molar-refractivity contribution is 6.08. The number of aromatic amines is 1. The molecule has 1 aliphatic carbocycles.